The number of hydrogen-bond acceptors (Lipinski definition) is 8. The van der Waals surface area contributed by atoms with Crippen LogP contribution in [0.25, 0.3) is 0 Å². The van der Waals surface area contributed by atoms with Crippen molar-refractivity contribution >= 4 is 25.7 Å². The largest absolute Gasteiger partial charge is 0.480 e. The fraction of sp³-hybridized carbons (Fsp3) is 0.694. The number of carboxylic acid groups (broad SMARTS) is 1. The lowest BCUT2D eigenvalue weighted by Gasteiger charge is -2.18. The first-order valence-electron chi connectivity index (χ1n) is 23.5. The number of ether oxygens (including phenoxy) is 1. The molecule has 0 saturated heterocycles. The molecule has 0 heterocycles. The van der Waals surface area contributed by atoms with Crippen LogP contribution >= 0.6 is 7.82 Å². The van der Waals surface area contributed by atoms with Crippen molar-refractivity contribution in [3.05, 3.63) is 72.9 Å². The molecule has 1 amide bonds. The van der Waals surface area contributed by atoms with Gasteiger partial charge in [0.2, 0.25) is 5.91 Å². The van der Waals surface area contributed by atoms with Gasteiger partial charge in [-0.05, 0) is 83.5 Å². The summed E-state index contributed by atoms with van der Waals surface area (Å²) < 4.78 is 26.9. The third kappa shape index (κ3) is 43.4. The van der Waals surface area contributed by atoms with Gasteiger partial charge < -0.3 is 25.2 Å². The molecule has 0 aromatic rings. The Morgan fingerprint density at radius 2 is 0.951 bits per heavy atom. The van der Waals surface area contributed by atoms with E-state index >= 15 is 0 Å². The fourth-order valence-electron chi connectivity index (χ4n) is 6.10. The van der Waals surface area contributed by atoms with Crippen molar-refractivity contribution in [2.75, 3.05) is 19.8 Å². The van der Waals surface area contributed by atoms with Crippen molar-refractivity contribution in [2.24, 2.45) is 0 Å². The van der Waals surface area contributed by atoms with Gasteiger partial charge in [0.25, 0.3) is 0 Å². The van der Waals surface area contributed by atoms with Crippen LogP contribution in [-0.2, 0) is 32.7 Å². The minimum absolute atomic E-state index is 0.132. The molecule has 0 rings (SSSR count). The molecule has 3 unspecified atom stereocenters. The van der Waals surface area contributed by atoms with Gasteiger partial charge in [-0.1, -0.05) is 164 Å². The Kier molecular flexibility index (Phi) is 41.4. The molecule has 350 valence electrons. The topological polar surface area (TPSA) is 169 Å². The van der Waals surface area contributed by atoms with Crippen molar-refractivity contribution in [2.45, 2.75) is 199 Å². The predicted octanol–water partition coefficient (Wildman–Crippen LogP) is 12.5. The van der Waals surface area contributed by atoms with Gasteiger partial charge in [0, 0.05) is 12.8 Å². The Morgan fingerprint density at radius 1 is 0.541 bits per heavy atom. The fourth-order valence-corrected chi connectivity index (χ4v) is 6.87. The lowest BCUT2D eigenvalue weighted by atomic mass is 10.1. The molecule has 61 heavy (non-hydrogen) atoms. The van der Waals surface area contributed by atoms with E-state index < -0.39 is 57.6 Å². The maximum atomic E-state index is 12.3. The molecule has 0 radical (unpaired) electrons. The summed E-state index contributed by atoms with van der Waals surface area (Å²) >= 11 is 0. The quantitative estimate of drug-likeness (QED) is 0.0200. The number of rotatable bonds is 43. The Labute approximate surface area is 369 Å². The summed E-state index contributed by atoms with van der Waals surface area (Å²) in [5, 5.41) is 21.9. The van der Waals surface area contributed by atoms with Gasteiger partial charge >= 0.3 is 19.8 Å². The van der Waals surface area contributed by atoms with Crippen LogP contribution in [0.1, 0.15) is 187 Å². The summed E-state index contributed by atoms with van der Waals surface area (Å²) in [6.07, 6.45) is 52.0. The average Bonchev–Trinajstić information content (AvgIpc) is 3.24. The number of aliphatic hydroxyl groups is 1. The van der Waals surface area contributed by atoms with Gasteiger partial charge in [0.1, 0.15) is 12.7 Å². The molecule has 0 aliphatic heterocycles. The van der Waals surface area contributed by atoms with Crippen molar-refractivity contribution in [3.8, 4) is 0 Å². The number of allylic oxidation sites excluding steroid dienone is 12. The molecule has 0 aromatic carbocycles. The highest BCUT2D eigenvalue weighted by molar-refractivity contribution is 7.47. The van der Waals surface area contributed by atoms with Crippen LogP contribution < -0.4 is 5.32 Å². The van der Waals surface area contributed by atoms with Crippen LogP contribution in [-0.4, -0.2) is 64.9 Å². The smallest absolute Gasteiger partial charge is 0.472 e. The van der Waals surface area contributed by atoms with Crippen LogP contribution in [0.2, 0.25) is 0 Å². The first-order chi connectivity index (χ1) is 29.6. The van der Waals surface area contributed by atoms with Gasteiger partial charge in [-0.25, -0.2) is 9.36 Å². The minimum Gasteiger partial charge on any atom is -0.480 e. The van der Waals surface area contributed by atoms with Gasteiger partial charge in [0.15, 0.2) is 6.04 Å². The van der Waals surface area contributed by atoms with Crippen molar-refractivity contribution < 1.29 is 47.8 Å². The number of carbonyl (C=O) groups is 3. The summed E-state index contributed by atoms with van der Waals surface area (Å²) in [4.78, 5) is 46.0. The number of carboxylic acids is 1. The highest BCUT2D eigenvalue weighted by Gasteiger charge is 2.28. The lowest BCUT2D eigenvalue weighted by Crippen LogP contribution is -2.43. The highest BCUT2D eigenvalue weighted by Crippen LogP contribution is 2.43. The molecule has 0 bridgehead atoms. The van der Waals surface area contributed by atoms with E-state index in [0.717, 1.165) is 103 Å². The van der Waals surface area contributed by atoms with E-state index in [2.05, 4.69) is 92.1 Å². The molecule has 0 spiro atoms. The molecule has 3 atom stereocenters. The number of aliphatic hydroxyl groups excluding tert-OH is 1. The molecule has 11 nitrogen and oxygen atoms in total. The van der Waals surface area contributed by atoms with Crippen molar-refractivity contribution in [3.63, 3.8) is 0 Å². The second-order valence-corrected chi connectivity index (χ2v) is 17.0. The normalized spacial score (nSPS) is 14.3. The summed E-state index contributed by atoms with van der Waals surface area (Å²) in [5.74, 6) is -2.41. The highest BCUT2D eigenvalue weighted by atomic mass is 31.2. The molecular formula is C49H84NO10P. The molecule has 0 saturated carbocycles. The summed E-state index contributed by atoms with van der Waals surface area (Å²) in [7, 11) is -4.77. The second-order valence-electron chi connectivity index (χ2n) is 15.6. The summed E-state index contributed by atoms with van der Waals surface area (Å²) in [6.45, 7) is 2.45. The maximum Gasteiger partial charge on any atom is 0.472 e. The SMILES string of the molecule is CC/C=C\C/C=C\C/C=C\C/C=C\C/C=C\CCCCCCCC(=O)OCC(O)COP(=O)(O)OCC(NC(=O)CCCCCCC/C=C\CCCCCCCCC)C(=O)O. The Morgan fingerprint density at radius 3 is 1.44 bits per heavy atom. The second kappa shape index (κ2) is 43.6. The first-order valence-corrected chi connectivity index (χ1v) is 25.0. The minimum atomic E-state index is -4.77. The van der Waals surface area contributed by atoms with E-state index in [0.29, 0.717) is 12.8 Å². The Bertz CT molecular complexity index is 1310. The monoisotopic (exact) mass is 878 g/mol. The molecule has 4 N–H and O–H groups in total. The molecule has 0 aromatic heterocycles. The zero-order valence-corrected chi connectivity index (χ0v) is 38.8. The Balaban J connectivity index is 3.92. The predicted molar refractivity (Wildman–Crippen MR) is 249 cm³/mol. The zero-order valence-electron chi connectivity index (χ0n) is 37.9. The van der Waals surface area contributed by atoms with E-state index in [-0.39, 0.29) is 12.8 Å². The summed E-state index contributed by atoms with van der Waals surface area (Å²) in [5.41, 5.74) is 0. The number of hydrogen-bond donors (Lipinski definition) is 4. The van der Waals surface area contributed by atoms with E-state index in [9.17, 15) is 34.1 Å². The van der Waals surface area contributed by atoms with Crippen LogP contribution in [0.5, 0.6) is 0 Å². The number of nitrogens with one attached hydrogen (secondary N) is 1. The lowest BCUT2D eigenvalue weighted by molar-refractivity contribution is -0.147. The third-order valence-electron chi connectivity index (χ3n) is 9.73. The third-order valence-corrected chi connectivity index (χ3v) is 10.7. The van der Waals surface area contributed by atoms with Gasteiger partial charge in [-0.3, -0.25) is 18.6 Å². The Hall–Kier alpha value is -3.08. The standard InChI is InChI=1S/C49H84NO10P/c1-3-5-7-9-11-13-15-17-19-21-22-23-24-25-27-29-31-33-35-37-39-41-48(53)58-42-45(51)43-59-61(56,57)60-44-46(49(54)55)50-47(52)40-38-36-34-32-30-28-26-20-18-16-14-12-10-8-6-4-2/h5,7,11,13,17,19-20,22-23,25-27,45-46,51H,3-4,6,8-10,12,14-16,18,21,24,28-44H2,1-2H3,(H,50,52)(H,54,55)(H,56,57)/b7-5-,13-11-,19-17-,23-22-,26-20-,27-25-. The number of phosphoric ester groups is 1. The molecule has 0 fully saturated rings. The number of esters is 1. The van der Waals surface area contributed by atoms with Crippen LogP contribution in [0.4, 0.5) is 0 Å². The first kappa shape index (κ1) is 57.9. The van der Waals surface area contributed by atoms with Gasteiger partial charge in [-0.2, -0.15) is 0 Å². The average molecular weight is 878 g/mol. The van der Waals surface area contributed by atoms with Crippen LogP contribution in [0.3, 0.4) is 0 Å². The maximum absolute atomic E-state index is 12.3. The number of unbranched alkanes of at least 4 members (excludes halogenated alkanes) is 17. The number of aliphatic carboxylic acids is 1. The van der Waals surface area contributed by atoms with E-state index in [1.807, 2.05) is 0 Å². The summed E-state index contributed by atoms with van der Waals surface area (Å²) in [6, 6.07) is -1.56. The molecule has 0 aliphatic rings. The molecule has 12 heteroatoms. The zero-order chi connectivity index (χ0) is 44.9. The van der Waals surface area contributed by atoms with Crippen LogP contribution in [0, 0.1) is 0 Å². The number of carbonyl (C=O) groups excluding carboxylic acids is 2. The van der Waals surface area contributed by atoms with Gasteiger partial charge in [-0.15, -0.1) is 0 Å². The number of phosphoric acid groups is 1. The van der Waals surface area contributed by atoms with Crippen molar-refractivity contribution in [1.82, 2.24) is 5.32 Å². The van der Waals surface area contributed by atoms with Gasteiger partial charge in [0.05, 0.1) is 13.2 Å². The molecular weight excluding hydrogens is 794 g/mol. The van der Waals surface area contributed by atoms with E-state index in [1.54, 1.807) is 0 Å². The van der Waals surface area contributed by atoms with E-state index in [1.165, 1.54) is 44.9 Å². The number of amides is 1. The van der Waals surface area contributed by atoms with E-state index in [4.69, 9.17) is 13.8 Å². The van der Waals surface area contributed by atoms with Crippen LogP contribution in [0.15, 0.2) is 72.9 Å². The molecule has 0 aliphatic carbocycles. The van der Waals surface area contributed by atoms with Crippen molar-refractivity contribution in [1.29, 1.82) is 0 Å².